The molecule has 0 aromatic heterocycles. The highest BCUT2D eigenvalue weighted by Crippen LogP contribution is 2.03. The molecule has 3 N–H and O–H groups in total. The maximum absolute atomic E-state index is 5.49. The third-order valence-electron chi connectivity index (χ3n) is 1.15. The predicted octanol–water partition coefficient (Wildman–Crippen LogP) is -0.305. The topological polar surface area (TPSA) is 48.0 Å². The lowest BCUT2D eigenvalue weighted by Crippen LogP contribution is -2.17. The smallest absolute Gasteiger partial charge is 0.0207 e. The summed E-state index contributed by atoms with van der Waals surface area (Å²) >= 11 is 0. The maximum Gasteiger partial charge on any atom is 0.0207 e. The average Bonchev–Trinajstić information content (AvgIpc) is 2.17. The fourth-order valence-corrected chi connectivity index (χ4v) is 0.699. The monoisotopic (exact) mass is 100 g/mol. The van der Waals surface area contributed by atoms with Gasteiger partial charge in [-0.3, -0.25) is 0 Å². The summed E-state index contributed by atoms with van der Waals surface area (Å²) in [4.78, 5) is 0. The molecule has 1 aliphatic heterocycles. The van der Waals surface area contributed by atoms with Gasteiger partial charge in [0.25, 0.3) is 0 Å². The van der Waals surface area contributed by atoms with E-state index in [0.29, 0.717) is 6.04 Å². The van der Waals surface area contributed by atoms with Crippen molar-refractivity contribution in [1.29, 1.82) is 0 Å². The number of nitrogens with two attached hydrogens (primary N) is 1. The molecule has 0 aliphatic carbocycles. The molecule has 0 aromatic rings. The summed E-state index contributed by atoms with van der Waals surface area (Å²) in [6.07, 6.45) is 1.14. The molecule has 1 rings (SSSR count). The van der Waals surface area contributed by atoms with Gasteiger partial charge < -0.3 is 11.1 Å². The van der Waals surface area contributed by atoms with Gasteiger partial charge in [0.2, 0.25) is 0 Å². The van der Waals surface area contributed by atoms with Crippen molar-refractivity contribution in [1.82, 2.24) is 5.32 Å². The highest BCUT2D eigenvalue weighted by molar-refractivity contribution is 4.85. The quantitative estimate of drug-likeness (QED) is 0.468. The summed E-state index contributed by atoms with van der Waals surface area (Å²) in [5.74, 6) is 0. The molecule has 1 heterocycles. The van der Waals surface area contributed by atoms with E-state index in [4.69, 9.17) is 5.73 Å². The van der Waals surface area contributed by atoms with Gasteiger partial charge in [-0.15, -0.1) is 0 Å². The van der Waals surface area contributed by atoms with E-state index in [9.17, 15) is 0 Å². The minimum atomic E-state index is 0.375. The molecule has 0 bridgehead atoms. The lowest BCUT2D eigenvalue weighted by molar-refractivity contribution is 0.657. The fourth-order valence-electron chi connectivity index (χ4n) is 0.699. The zero-order chi connectivity index (χ0) is 5.28. The van der Waals surface area contributed by atoms with Crippen LogP contribution in [0.1, 0.15) is 13.3 Å². The van der Waals surface area contributed by atoms with Crippen LogP contribution >= 0.6 is 0 Å². The molecule has 2 nitrogen and oxygen atoms in total. The van der Waals surface area contributed by atoms with Crippen molar-refractivity contribution in [3.8, 4) is 0 Å². The van der Waals surface area contributed by atoms with Gasteiger partial charge in [-0.05, 0) is 13.3 Å². The van der Waals surface area contributed by atoms with Gasteiger partial charge in [0.15, 0.2) is 0 Å². The normalized spacial score (nSPS) is 32.6. The molecule has 0 radical (unpaired) electrons. The second-order valence-electron chi connectivity index (χ2n) is 2.32. The first-order valence-electron chi connectivity index (χ1n) is 2.78. The first-order valence-corrected chi connectivity index (χ1v) is 2.78. The molecule has 7 heavy (non-hydrogen) atoms. The largest absolute Gasteiger partial charge is 0.328 e. The van der Waals surface area contributed by atoms with Crippen LogP contribution in [0.25, 0.3) is 0 Å². The second-order valence-corrected chi connectivity index (χ2v) is 2.32. The van der Waals surface area contributed by atoms with Gasteiger partial charge >= 0.3 is 0 Å². The summed E-state index contributed by atoms with van der Waals surface area (Å²) < 4.78 is 0. The zero-order valence-electron chi connectivity index (χ0n) is 4.65. The van der Waals surface area contributed by atoms with Gasteiger partial charge in [-0.25, -0.2) is 0 Å². The van der Waals surface area contributed by atoms with E-state index in [1.165, 1.54) is 6.54 Å². The van der Waals surface area contributed by atoms with Crippen LogP contribution in [0.15, 0.2) is 0 Å². The van der Waals surface area contributed by atoms with Crippen LogP contribution in [0.2, 0.25) is 0 Å². The highest BCUT2D eigenvalue weighted by atomic mass is 15.1. The SMILES string of the molecule is CC(N)CC1CN1. The van der Waals surface area contributed by atoms with Crippen LogP contribution in [-0.4, -0.2) is 18.6 Å². The van der Waals surface area contributed by atoms with E-state index in [1.807, 2.05) is 6.92 Å². The third kappa shape index (κ3) is 1.90. The molecule has 0 spiro atoms. The van der Waals surface area contributed by atoms with Crippen LogP contribution in [0.4, 0.5) is 0 Å². The lowest BCUT2D eigenvalue weighted by Gasteiger charge is -1.97. The van der Waals surface area contributed by atoms with Gasteiger partial charge in [-0.1, -0.05) is 0 Å². The van der Waals surface area contributed by atoms with E-state index < -0.39 is 0 Å². The first kappa shape index (κ1) is 5.06. The first-order chi connectivity index (χ1) is 3.29. The van der Waals surface area contributed by atoms with Crippen molar-refractivity contribution < 1.29 is 0 Å². The van der Waals surface area contributed by atoms with Gasteiger partial charge in [0, 0.05) is 18.6 Å². The minimum Gasteiger partial charge on any atom is -0.328 e. The van der Waals surface area contributed by atoms with Crippen molar-refractivity contribution in [2.45, 2.75) is 25.4 Å². The number of nitrogens with one attached hydrogen (secondary N) is 1. The molecule has 1 saturated heterocycles. The Balaban J connectivity index is 1.97. The predicted molar refractivity (Wildman–Crippen MR) is 30.1 cm³/mol. The second kappa shape index (κ2) is 1.80. The van der Waals surface area contributed by atoms with Crippen LogP contribution < -0.4 is 11.1 Å². The van der Waals surface area contributed by atoms with Crippen LogP contribution in [0.5, 0.6) is 0 Å². The Morgan fingerprint density at radius 1 is 2.00 bits per heavy atom. The van der Waals surface area contributed by atoms with Gasteiger partial charge in [-0.2, -0.15) is 0 Å². The molecular formula is C5H12N2. The third-order valence-corrected chi connectivity index (χ3v) is 1.15. The Morgan fingerprint density at radius 2 is 2.57 bits per heavy atom. The molecule has 0 aromatic carbocycles. The van der Waals surface area contributed by atoms with E-state index >= 15 is 0 Å². The standard InChI is InChI=1S/C5H12N2/c1-4(6)2-5-3-7-5/h4-5,7H,2-3,6H2,1H3. The van der Waals surface area contributed by atoms with E-state index in [-0.39, 0.29) is 0 Å². The Labute approximate surface area is 44.1 Å². The molecule has 2 heteroatoms. The average molecular weight is 100 g/mol. The molecular weight excluding hydrogens is 88.1 g/mol. The van der Waals surface area contributed by atoms with Gasteiger partial charge in [0.05, 0.1) is 0 Å². The summed E-state index contributed by atoms with van der Waals surface area (Å²) in [6, 6.07) is 1.12. The van der Waals surface area contributed by atoms with Crippen LogP contribution in [0, 0.1) is 0 Å². The minimum absolute atomic E-state index is 0.375. The summed E-state index contributed by atoms with van der Waals surface area (Å²) in [5.41, 5.74) is 5.49. The summed E-state index contributed by atoms with van der Waals surface area (Å²) in [5, 5.41) is 3.19. The zero-order valence-corrected chi connectivity index (χ0v) is 4.65. The lowest BCUT2D eigenvalue weighted by atomic mass is 10.2. The van der Waals surface area contributed by atoms with Crippen molar-refractivity contribution in [2.75, 3.05) is 6.54 Å². The molecule has 1 fully saturated rings. The van der Waals surface area contributed by atoms with E-state index in [1.54, 1.807) is 0 Å². The van der Waals surface area contributed by atoms with Crippen LogP contribution in [0.3, 0.4) is 0 Å². The Hall–Kier alpha value is -0.0800. The molecule has 2 unspecified atom stereocenters. The molecule has 1 aliphatic rings. The Kier molecular flexibility index (Phi) is 1.30. The summed E-state index contributed by atoms with van der Waals surface area (Å²) in [6.45, 7) is 3.22. The van der Waals surface area contributed by atoms with Crippen molar-refractivity contribution >= 4 is 0 Å². The molecule has 2 atom stereocenters. The number of rotatable bonds is 2. The number of hydrogen-bond acceptors (Lipinski definition) is 2. The number of hydrogen-bond donors (Lipinski definition) is 2. The Morgan fingerprint density at radius 3 is 2.71 bits per heavy atom. The van der Waals surface area contributed by atoms with Crippen LogP contribution in [-0.2, 0) is 0 Å². The van der Waals surface area contributed by atoms with Crippen molar-refractivity contribution in [3.63, 3.8) is 0 Å². The van der Waals surface area contributed by atoms with E-state index in [0.717, 1.165) is 12.5 Å². The van der Waals surface area contributed by atoms with E-state index in [2.05, 4.69) is 5.32 Å². The molecule has 42 valence electrons. The summed E-state index contributed by atoms with van der Waals surface area (Å²) in [7, 11) is 0. The maximum atomic E-state index is 5.49. The Bertz CT molecular complexity index is 57.1. The van der Waals surface area contributed by atoms with Crippen molar-refractivity contribution in [2.24, 2.45) is 5.73 Å². The molecule has 0 saturated carbocycles. The van der Waals surface area contributed by atoms with Gasteiger partial charge in [0.1, 0.15) is 0 Å². The molecule has 0 amide bonds. The van der Waals surface area contributed by atoms with Crippen molar-refractivity contribution in [3.05, 3.63) is 0 Å². The highest BCUT2D eigenvalue weighted by Gasteiger charge is 2.20. The fraction of sp³-hybridized carbons (Fsp3) is 1.00.